The molecule has 0 amide bonds. The first-order valence-corrected chi connectivity index (χ1v) is 7.39. The summed E-state index contributed by atoms with van der Waals surface area (Å²) in [5, 5.41) is 3.45. The maximum atomic E-state index is 4.58. The van der Waals surface area contributed by atoms with Crippen LogP contribution in [0.3, 0.4) is 0 Å². The van der Waals surface area contributed by atoms with Gasteiger partial charge in [-0.25, -0.2) is 4.98 Å². The van der Waals surface area contributed by atoms with Crippen LogP contribution < -0.4 is 5.32 Å². The summed E-state index contributed by atoms with van der Waals surface area (Å²) < 4.78 is 0. The fourth-order valence-corrected chi connectivity index (χ4v) is 2.85. The Labute approximate surface area is 111 Å². The normalized spacial score (nSPS) is 24.7. The SMILES string of the molecule is CC(C)CNCc1cnc(C2CCCC(C)C2)[nH]1. The van der Waals surface area contributed by atoms with Gasteiger partial charge in [0.05, 0.1) is 0 Å². The molecule has 3 heteroatoms. The van der Waals surface area contributed by atoms with Crippen molar-refractivity contribution in [1.29, 1.82) is 0 Å². The van der Waals surface area contributed by atoms with E-state index in [9.17, 15) is 0 Å². The van der Waals surface area contributed by atoms with E-state index in [-0.39, 0.29) is 0 Å². The number of nitrogens with one attached hydrogen (secondary N) is 2. The van der Waals surface area contributed by atoms with Crippen molar-refractivity contribution in [2.75, 3.05) is 6.54 Å². The lowest BCUT2D eigenvalue weighted by atomic mass is 9.82. The van der Waals surface area contributed by atoms with Crippen molar-refractivity contribution in [1.82, 2.24) is 15.3 Å². The smallest absolute Gasteiger partial charge is 0.109 e. The van der Waals surface area contributed by atoms with Crippen LogP contribution in [0.1, 0.15) is 63.9 Å². The van der Waals surface area contributed by atoms with Crippen LogP contribution in [0, 0.1) is 11.8 Å². The Morgan fingerprint density at radius 3 is 3.00 bits per heavy atom. The Hall–Kier alpha value is -0.830. The van der Waals surface area contributed by atoms with Crippen molar-refractivity contribution in [3.63, 3.8) is 0 Å². The number of H-pyrrole nitrogens is 1. The second-order valence-electron chi connectivity index (χ2n) is 6.29. The molecule has 0 aliphatic heterocycles. The number of hydrogen-bond acceptors (Lipinski definition) is 2. The molecule has 0 spiro atoms. The Morgan fingerprint density at radius 1 is 1.44 bits per heavy atom. The number of imidazole rings is 1. The van der Waals surface area contributed by atoms with Crippen LogP contribution in [0.5, 0.6) is 0 Å². The van der Waals surface area contributed by atoms with Crippen LogP contribution in [0.2, 0.25) is 0 Å². The average Bonchev–Trinajstić information content (AvgIpc) is 2.77. The van der Waals surface area contributed by atoms with E-state index in [1.807, 2.05) is 6.20 Å². The lowest BCUT2D eigenvalue weighted by Gasteiger charge is -2.25. The molecule has 1 aromatic heterocycles. The van der Waals surface area contributed by atoms with Gasteiger partial charge in [0.1, 0.15) is 5.82 Å². The van der Waals surface area contributed by atoms with E-state index < -0.39 is 0 Å². The molecule has 1 heterocycles. The van der Waals surface area contributed by atoms with E-state index in [0.717, 1.165) is 19.0 Å². The summed E-state index contributed by atoms with van der Waals surface area (Å²) in [7, 11) is 0. The Morgan fingerprint density at radius 2 is 2.28 bits per heavy atom. The van der Waals surface area contributed by atoms with Crippen LogP contribution >= 0.6 is 0 Å². The molecule has 0 aromatic carbocycles. The molecule has 2 unspecified atom stereocenters. The highest BCUT2D eigenvalue weighted by Crippen LogP contribution is 2.34. The molecule has 102 valence electrons. The van der Waals surface area contributed by atoms with Gasteiger partial charge < -0.3 is 10.3 Å². The van der Waals surface area contributed by atoms with Gasteiger partial charge in [-0.2, -0.15) is 0 Å². The van der Waals surface area contributed by atoms with Gasteiger partial charge in [0.25, 0.3) is 0 Å². The number of hydrogen-bond donors (Lipinski definition) is 2. The molecular formula is C15H27N3. The van der Waals surface area contributed by atoms with Crippen LogP contribution in [0.4, 0.5) is 0 Å². The van der Waals surface area contributed by atoms with Gasteiger partial charge in [-0.15, -0.1) is 0 Å². The molecule has 0 saturated heterocycles. The number of aromatic amines is 1. The summed E-state index contributed by atoms with van der Waals surface area (Å²) in [6, 6.07) is 0. The van der Waals surface area contributed by atoms with Gasteiger partial charge in [0.2, 0.25) is 0 Å². The average molecular weight is 249 g/mol. The molecule has 2 rings (SSSR count). The van der Waals surface area contributed by atoms with Crippen molar-refractivity contribution in [3.05, 3.63) is 17.7 Å². The largest absolute Gasteiger partial charge is 0.345 e. The molecule has 0 bridgehead atoms. The Kier molecular flexibility index (Phi) is 4.81. The number of nitrogens with zero attached hydrogens (tertiary/aromatic N) is 1. The number of aromatic nitrogens is 2. The predicted molar refractivity (Wildman–Crippen MR) is 75.5 cm³/mol. The maximum absolute atomic E-state index is 4.58. The van der Waals surface area contributed by atoms with Gasteiger partial charge in [-0.05, 0) is 31.2 Å². The van der Waals surface area contributed by atoms with Gasteiger partial charge in [-0.1, -0.05) is 33.6 Å². The highest BCUT2D eigenvalue weighted by molar-refractivity contribution is 5.06. The molecule has 1 aliphatic rings. The van der Waals surface area contributed by atoms with E-state index in [1.54, 1.807) is 0 Å². The minimum absolute atomic E-state index is 0.660. The Balaban J connectivity index is 1.85. The predicted octanol–water partition coefficient (Wildman–Crippen LogP) is 3.45. The summed E-state index contributed by atoms with van der Waals surface area (Å²) >= 11 is 0. The second-order valence-corrected chi connectivity index (χ2v) is 6.29. The molecular weight excluding hydrogens is 222 g/mol. The lowest BCUT2D eigenvalue weighted by molar-refractivity contribution is 0.336. The fourth-order valence-electron chi connectivity index (χ4n) is 2.85. The highest BCUT2D eigenvalue weighted by atomic mass is 15.0. The van der Waals surface area contributed by atoms with Crippen molar-refractivity contribution in [3.8, 4) is 0 Å². The third-order valence-electron chi connectivity index (χ3n) is 3.84. The molecule has 18 heavy (non-hydrogen) atoms. The molecule has 3 nitrogen and oxygen atoms in total. The summed E-state index contributed by atoms with van der Waals surface area (Å²) in [6.45, 7) is 8.80. The first-order valence-electron chi connectivity index (χ1n) is 7.39. The van der Waals surface area contributed by atoms with Crippen LogP contribution in [-0.4, -0.2) is 16.5 Å². The first kappa shape index (κ1) is 13.6. The van der Waals surface area contributed by atoms with Crippen LogP contribution in [0.25, 0.3) is 0 Å². The van der Waals surface area contributed by atoms with Crippen molar-refractivity contribution >= 4 is 0 Å². The van der Waals surface area contributed by atoms with Crippen molar-refractivity contribution in [2.45, 2.75) is 58.9 Å². The van der Waals surface area contributed by atoms with Gasteiger partial charge >= 0.3 is 0 Å². The molecule has 1 fully saturated rings. The van der Waals surface area contributed by atoms with E-state index >= 15 is 0 Å². The first-order chi connectivity index (χ1) is 8.65. The lowest BCUT2D eigenvalue weighted by Crippen LogP contribution is -2.19. The van der Waals surface area contributed by atoms with Crippen LogP contribution in [0.15, 0.2) is 6.20 Å². The van der Waals surface area contributed by atoms with E-state index in [1.165, 1.54) is 37.2 Å². The molecule has 1 aromatic rings. The standard InChI is InChI=1S/C15H27N3/c1-11(2)8-16-9-14-10-17-15(18-14)13-6-4-5-12(3)7-13/h10-13,16H,4-9H2,1-3H3,(H,17,18). The third-order valence-corrected chi connectivity index (χ3v) is 3.84. The molecule has 2 N–H and O–H groups in total. The van der Waals surface area contributed by atoms with E-state index in [2.05, 4.69) is 36.1 Å². The van der Waals surface area contributed by atoms with Crippen LogP contribution in [-0.2, 0) is 6.54 Å². The highest BCUT2D eigenvalue weighted by Gasteiger charge is 2.22. The zero-order valence-electron chi connectivity index (χ0n) is 12.0. The van der Waals surface area contributed by atoms with Gasteiger partial charge in [-0.3, -0.25) is 0 Å². The Bertz CT molecular complexity index is 356. The topological polar surface area (TPSA) is 40.7 Å². The molecule has 0 radical (unpaired) electrons. The number of rotatable bonds is 5. The second kappa shape index (κ2) is 6.37. The quantitative estimate of drug-likeness (QED) is 0.839. The maximum Gasteiger partial charge on any atom is 0.109 e. The zero-order chi connectivity index (χ0) is 13.0. The van der Waals surface area contributed by atoms with E-state index in [4.69, 9.17) is 0 Å². The van der Waals surface area contributed by atoms with Crippen molar-refractivity contribution in [2.24, 2.45) is 11.8 Å². The summed E-state index contributed by atoms with van der Waals surface area (Å²) in [6.07, 6.45) is 7.35. The van der Waals surface area contributed by atoms with Gasteiger partial charge in [0, 0.05) is 24.4 Å². The summed E-state index contributed by atoms with van der Waals surface area (Å²) in [4.78, 5) is 8.08. The fraction of sp³-hybridized carbons (Fsp3) is 0.800. The minimum Gasteiger partial charge on any atom is -0.345 e. The molecule has 2 atom stereocenters. The minimum atomic E-state index is 0.660. The van der Waals surface area contributed by atoms with Crippen molar-refractivity contribution < 1.29 is 0 Å². The third kappa shape index (κ3) is 3.84. The van der Waals surface area contributed by atoms with E-state index in [0.29, 0.717) is 11.8 Å². The molecule has 1 aliphatic carbocycles. The monoisotopic (exact) mass is 249 g/mol. The molecule has 1 saturated carbocycles. The summed E-state index contributed by atoms with van der Waals surface area (Å²) in [5.41, 5.74) is 1.23. The zero-order valence-corrected chi connectivity index (χ0v) is 12.0. The summed E-state index contributed by atoms with van der Waals surface area (Å²) in [5.74, 6) is 3.43. The van der Waals surface area contributed by atoms with Gasteiger partial charge in [0.15, 0.2) is 0 Å².